The Morgan fingerprint density at radius 1 is 1.50 bits per heavy atom. The van der Waals surface area contributed by atoms with E-state index in [1.54, 1.807) is 0 Å². The maximum absolute atomic E-state index is 12.6. The summed E-state index contributed by atoms with van der Waals surface area (Å²) in [5, 5.41) is 8.59. The fourth-order valence-corrected chi connectivity index (χ4v) is 1.40. The smallest absolute Gasteiger partial charge is 0.307 e. The Kier molecular flexibility index (Phi) is 3.73. The first kappa shape index (κ1) is 12.3. The van der Waals surface area contributed by atoms with Crippen molar-refractivity contribution < 1.29 is 18.7 Å². The number of H-pyrrole nitrogens is 1. The van der Waals surface area contributed by atoms with Crippen LogP contribution in [0.4, 0.5) is 8.78 Å². The van der Waals surface area contributed by atoms with Gasteiger partial charge in [-0.2, -0.15) is 0 Å². The molecule has 16 heavy (non-hydrogen) atoms. The Balaban J connectivity index is 3.40. The van der Waals surface area contributed by atoms with E-state index in [0.717, 1.165) is 6.20 Å². The fraction of sp³-hybridized carbons (Fsp3) is 0.333. The largest absolute Gasteiger partial charge is 0.481 e. The van der Waals surface area contributed by atoms with Crippen molar-refractivity contribution in [3.8, 4) is 0 Å². The Hall–Kier alpha value is -1.76. The van der Waals surface area contributed by atoms with Crippen LogP contribution in [-0.4, -0.2) is 16.1 Å². The maximum atomic E-state index is 12.6. The molecule has 0 atom stereocenters. The van der Waals surface area contributed by atoms with Crippen LogP contribution >= 0.6 is 0 Å². The van der Waals surface area contributed by atoms with E-state index < -0.39 is 29.9 Å². The van der Waals surface area contributed by atoms with Gasteiger partial charge < -0.3 is 15.8 Å². The van der Waals surface area contributed by atoms with Gasteiger partial charge in [0.1, 0.15) is 0 Å². The molecule has 88 valence electrons. The van der Waals surface area contributed by atoms with E-state index in [1.165, 1.54) is 0 Å². The molecule has 0 aliphatic heterocycles. The number of hydrogen-bond donors (Lipinski definition) is 3. The first-order chi connectivity index (χ1) is 7.47. The number of halogens is 2. The zero-order chi connectivity index (χ0) is 12.3. The highest BCUT2D eigenvalue weighted by Crippen LogP contribution is 2.23. The van der Waals surface area contributed by atoms with E-state index in [-0.39, 0.29) is 17.7 Å². The van der Waals surface area contributed by atoms with Gasteiger partial charge in [0.2, 0.25) is 0 Å². The van der Waals surface area contributed by atoms with Crippen molar-refractivity contribution in [3.63, 3.8) is 0 Å². The number of aromatic nitrogens is 1. The summed E-state index contributed by atoms with van der Waals surface area (Å²) in [5.41, 5.74) is 3.79. The number of aromatic amines is 1. The minimum atomic E-state index is -2.85. The van der Waals surface area contributed by atoms with Crippen molar-refractivity contribution in [2.75, 3.05) is 0 Å². The molecule has 1 rings (SSSR count). The molecule has 0 radical (unpaired) electrons. The van der Waals surface area contributed by atoms with Crippen molar-refractivity contribution >= 4 is 5.97 Å². The highest BCUT2D eigenvalue weighted by molar-refractivity contribution is 5.71. The van der Waals surface area contributed by atoms with E-state index in [9.17, 15) is 18.4 Å². The van der Waals surface area contributed by atoms with E-state index in [4.69, 9.17) is 10.8 Å². The maximum Gasteiger partial charge on any atom is 0.307 e. The van der Waals surface area contributed by atoms with E-state index in [1.807, 2.05) is 0 Å². The van der Waals surface area contributed by atoms with Crippen molar-refractivity contribution in [2.24, 2.45) is 5.73 Å². The number of rotatable bonds is 4. The number of nitrogens with two attached hydrogens (primary N) is 1. The third-order valence-corrected chi connectivity index (χ3v) is 2.11. The predicted molar refractivity (Wildman–Crippen MR) is 51.3 cm³/mol. The summed E-state index contributed by atoms with van der Waals surface area (Å²) in [5.74, 6) is -1.29. The first-order valence-corrected chi connectivity index (χ1v) is 4.40. The summed E-state index contributed by atoms with van der Waals surface area (Å²) in [6.45, 7) is -0.279. The summed E-state index contributed by atoms with van der Waals surface area (Å²) in [6, 6.07) is 0. The molecule has 7 heteroatoms. The van der Waals surface area contributed by atoms with Gasteiger partial charge in [0.15, 0.2) is 0 Å². The summed E-state index contributed by atoms with van der Waals surface area (Å²) < 4.78 is 25.1. The van der Waals surface area contributed by atoms with Gasteiger partial charge >= 0.3 is 5.97 Å². The monoisotopic (exact) mass is 232 g/mol. The zero-order valence-corrected chi connectivity index (χ0v) is 8.17. The minimum absolute atomic E-state index is 0.111. The van der Waals surface area contributed by atoms with Crippen molar-refractivity contribution in [3.05, 3.63) is 33.2 Å². The topological polar surface area (TPSA) is 96.2 Å². The van der Waals surface area contributed by atoms with E-state index in [0.29, 0.717) is 0 Å². The Labute approximate surface area is 88.9 Å². The summed E-state index contributed by atoms with van der Waals surface area (Å²) in [4.78, 5) is 23.9. The number of carboxylic acid groups (broad SMARTS) is 1. The summed E-state index contributed by atoms with van der Waals surface area (Å²) in [7, 11) is 0. The second-order valence-electron chi connectivity index (χ2n) is 3.11. The Morgan fingerprint density at radius 3 is 2.56 bits per heavy atom. The molecule has 0 bridgehead atoms. The first-order valence-electron chi connectivity index (χ1n) is 4.40. The number of alkyl halides is 2. The molecule has 1 aromatic heterocycles. The van der Waals surface area contributed by atoms with Crippen LogP contribution in [0.3, 0.4) is 0 Å². The average Bonchev–Trinajstić information content (AvgIpc) is 2.16. The quantitative estimate of drug-likeness (QED) is 0.700. The number of carbonyl (C=O) groups is 1. The molecular formula is C9H10F2N2O3. The van der Waals surface area contributed by atoms with Crippen LogP contribution in [0.1, 0.15) is 23.1 Å². The third kappa shape index (κ3) is 2.43. The second-order valence-corrected chi connectivity index (χ2v) is 3.11. The average molecular weight is 232 g/mol. The number of pyridine rings is 1. The highest BCUT2D eigenvalue weighted by Gasteiger charge is 2.20. The number of hydrogen-bond acceptors (Lipinski definition) is 3. The molecule has 0 amide bonds. The van der Waals surface area contributed by atoms with Crippen molar-refractivity contribution in [1.29, 1.82) is 0 Å². The normalized spacial score (nSPS) is 10.8. The Morgan fingerprint density at radius 2 is 2.12 bits per heavy atom. The van der Waals surface area contributed by atoms with Gasteiger partial charge in [0.25, 0.3) is 12.0 Å². The second kappa shape index (κ2) is 4.84. The highest BCUT2D eigenvalue weighted by atomic mass is 19.3. The zero-order valence-electron chi connectivity index (χ0n) is 8.17. The number of nitrogens with one attached hydrogen (secondary N) is 1. The van der Waals surface area contributed by atoms with Crippen LogP contribution in [0.5, 0.6) is 0 Å². The summed E-state index contributed by atoms with van der Waals surface area (Å²) in [6.07, 6.45) is -2.67. The third-order valence-electron chi connectivity index (χ3n) is 2.11. The van der Waals surface area contributed by atoms with Crippen molar-refractivity contribution in [1.82, 2.24) is 4.98 Å². The van der Waals surface area contributed by atoms with Gasteiger partial charge in [-0.1, -0.05) is 0 Å². The fourth-order valence-electron chi connectivity index (χ4n) is 1.40. The molecule has 0 saturated carbocycles. The minimum Gasteiger partial charge on any atom is -0.481 e. The Bertz CT molecular complexity index is 457. The lowest BCUT2D eigenvalue weighted by Crippen LogP contribution is -2.22. The number of aliphatic carboxylic acids is 1. The van der Waals surface area contributed by atoms with Gasteiger partial charge in [-0.15, -0.1) is 0 Å². The molecule has 4 N–H and O–H groups in total. The van der Waals surface area contributed by atoms with Crippen LogP contribution in [0.2, 0.25) is 0 Å². The molecule has 0 aromatic carbocycles. The predicted octanol–water partition coefficient (Wildman–Crippen LogP) is 0.398. The van der Waals surface area contributed by atoms with Gasteiger partial charge in [-0.05, 0) is 5.56 Å². The lowest BCUT2D eigenvalue weighted by Gasteiger charge is -2.10. The van der Waals surface area contributed by atoms with Gasteiger partial charge in [0, 0.05) is 23.9 Å². The lowest BCUT2D eigenvalue weighted by atomic mass is 10.0. The number of carboxylic acids is 1. The van der Waals surface area contributed by atoms with Gasteiger partial charge in [-0.3, -0.25) is 9.59 Å². The summed E-state index contributed by atoms with van der Waals surface area (Å²) >= 11 is 0. The molecule has 0 fully saturated rings. The molecule has 5 nitrogen and oxygen atoms in total. The van der Waals surface area contributed by atoms with Gasteiger partial charge in [-0.25, -0.2) is 8.78 Å². The standard InChI is InChI=1S/C9H10F2N2O3/c10-8(11)6-3-13-9(16)5(2-12)4(6)1-7(14)15/h3,8H,1-2,12H2,(H,13,16)(H,14,15). The van der Waals surface area contributed by atoms with Crippen molar-refractivity contribution in [2.45, 2.75) is 19.4 Å². The molecule has 1 heterocycles. The van der Waals surface area contributed by atoms with Crippen LogP contribution in [0.15, 0.2) is 11.0 Å². The van der Waals surface area contributed by atoms with Crippen LogP contribution in [0.25, 0.3) is 0 Å². The van der Waals surface area contributed by atoms with Gasteiger partial charge in [0.05, 0.1) is 6.42 Å². The molecule has 0 saturated heterocycles. The van der Waals surface area contributed by atoms with E-state index in [2.05, 4.69) is 4.98 Å². The molecule has 0 spiro atoms. The molecule has 0 aliphatic carbocycles. The molecular weight excluding hydrogens is 222 g/mol. The molecule has 0 aliphatic rings. The van der Waals surface area contributed by atoms with Crippen LogP contribution < -0.4 is 11.3 Å². The van der Waals surface area contributed by atoms with Crippen LogP contribution in [0, 0.1) is 0 Å². The SMILES string of the molecule is NCc1c(CC(=O)O)c(C(F)F)c[nH]c1=O. The van der Waals surface area contributed by atoms with E-state index >= 15 is 0 Å². The lowest BCUT2D eigenvalue weighted by molar-refractivity contribution is -0.136. The molecule has 0 unspecified atom stereocenters. The molecule has 1 aromatic rings. The van der Waals surface area contributed by atoms with Crippen LogP contribution in [-0.2, 0) is 17.8 Å².